The molecule has 0 unspecified atom stereocenters. The number of hydrogen-bond acceptors (Lipinski definition) is 3. The van der Waals surface area contributed by atoms with Gasteiger partial charge in [0.15, 0.2) is 0 Å². The summed E-state index contributed by atoms with van der Waals surface area (Å²) in [5.41, 5.74) is 0.884. The van der Waals surface area contributed by atoms with Crippen molar-refractivity contribution in [3.8, 4) is 0 Å². The van der Waals surface area contributed by atoms with E-state index in [1.807, 2.05) is 0 Å². The third-order valence-electron chi connectivity index (χ3n) is 3.54. The number of nitrogens with one attached hydrogen (secondary N) is 2. The second kappa shape index (κ2) is 7.90. The standard InChI is InChI=1S/C19H21FN2O3/c1-19(2,12-23)22-17(24)10-13-6-8-16(9-7-13)21-18(25)14-4-3-5-15(20)11-14/h3-9,11,23H,10,12H2,1-2H3,(H,21,25)(H,22,24). The predicted octanol–water partition coefficient (Wildman–Crippen LogP) is 2.51. The van der Waals surface area contributed by atoms with E-state index in [0.717, 1.165) is 11.6 Å². The number of aliphatic hydroxyl groups excluding tert-OH is 1. The Morgan fingerprint density at radius 3 is 2.40 bits per heavy atom. The summed E-state index contributed by atoms with van der Waals surface area (Å²) in [6.07, 6.45) is 0.168. The van der Waals surface area contributed by atoms with Crippen molar-refractivity contribution >= 4 is 17.5 Å². The third-order valence-corrected chi connectivity index (χ3v) is 3.54. The van der Waals surface area contributed by atoms with Crippen molar-refractivity contribution in [3.05, 3.63) is 65.5 Å². The van der Waals surface area contributed by atoms with Crippen LogP contribution in [0, 0.1) is 5.82 Å². The number of hydrogen-bond donors (Lipinski definition) is 3. The molecule has 2 amide bonds. The molecule has 0 heterocycles. The molecule has 0 bridgehead atoms. The lowest BCUT2D eigenvalue weighted by molar-refractivity contribution is -0.122. The zero-order valence-corrected chi connectivity index (χ0v) is 14.2. The highest BCUT2D eigenvalue weighted by atomic mass is 19.1. The third kappa shape index (κ3) is 5.69. The highest BCUT2D eigenvalue weighted by Crippen LogP contribution is 2.13. The molecule has 2 rings (SSSR count). The summed E-state index contributed by atoms with van der Waals surface area (Å²) in [5, 5.41) is 14.6. The summed E-state index contributed by atoms with van der Waals surface area (Å²) in [5.74, 6) is -1.08. The van der Waals surface area contributed by atoms with E-state index in [9.17, 15) is 14.0 Å². The second-order valence-corrected chi connectivity index (χ2v) is 6.43. The van der Waals surface area contributed by atoms with Crippen LogP contribution in [0.3, 0.4) is 0 Å². The molecule has 6 heteroatoms. The zero-order chi connectivity index (χ0) is 18.4. The maximum atomic E-state index is 13.2. The van der Waals surface area contributed by atoms with Gasteiger partial charge in [0.05, 0.1) is 18.6 Å². The smallest absolute Gasteiger partial charge is 0.255 e. The molecule has 5 nitrogen and oxygen atoms in total. The predicted molar refractivity (Wildman–Crippen MR) is 93.8 cm³/mol. The topological polar surface area (TPSA) is 78.4 Å². The van der Waals surface area contributed by atoms with Crippen molar-refractivity contribution in [2.75, 3.05) is 11.9 Å². The normalized spacial score (nSPS) is 11.0. The quantitative estimate of drug-likeness (QED) is 0.753. The van der Waals surface area contributed by atoms with Gasteiger partial charge in [-0.05, 0) is 49.7 Å². The first kappa shape index (κ1) is 18.6. The Labute approximate surface area is 145 Å². The van der Waals surface area contributed by atoms with Crippen molar-refractivity contribution < 1.29 is 19.1 Å². The molecule has 0 aliphatic heterocycles. The molecule has 2 aromatic carbocycles. The van der Waals surface area contributed by atoms with Gasteiger partial charge in [-0.15, -0.1) is 0 Å². The van der Waals surface area contributed by atoms with Crippen LogP contribution < -0.4 is 10.6 Å². The van der Waals surface area contributed by atoms with Gasteiger partial charge in [0, 0.05) is 11.3 Å². The monoisotopic (exact) mass is 344 g/mol. The van der Waals surface area contributed by atoms with Crippen LogP contribution in [0.2, 0.25) is 0 Å². The Morgan fingerprint density at radius 2 is 1.80 bits per heavy atom. The average Bonchev–Trinajstić information content (AvgIpc) is 2.56. The van der Waals surface area contributed by atoms with Gasteiger partial charge < -0.3 is 15.7 Å². The first-order chi connectivity index (χ1) is 11.8. The number of halogens is 1. The number of benzene rings is 2. The second-order valence-electron chi connectivity index (χ2n) is 6.43. The largest absolute Gasteiger partial charge is 0.394 e. The van der Waals surface area contributed by atoms with Crippen LogP contribution in [0.1, 0.15) is 29.8 Å². The summed E-state index contributed by atoms with van der Waals surface area (Å²) >= 11 is 0. The van der Waals surface area contributed by atoms with Gasteiger partial charge in [-0.25, -0.2) is 4.39 Å². The van der Waals surface area contributed by atoms with Crippen LogP contribution in [0.15, 0.2) is 48.5 Å². The Kier molecular flexibility index (Phi) is 5.88. The molecule has 0 radical (unpaired) electrons. The lowest BCUT2D eigenvalue weighted by Gasteiger charge is -2.23. The molecule has 0 fully saturated rings. The Morgan fingerprint density at radius 1 is 1.12 bits per heavy atom. The van der Waals surface area contributed by atoms with E-state index in [4.69, 9.17) is 5.11 Å². The molecule has 0 saturated carbocycles. The molecule has 0 spiro atoms. The van der Waals surface area contributed by atoms with Crippen LogP contribution in [0.5, 0.6) is 0 Å². The van der Waals surface area contributed by atoms with Crippen LogP contribution >= 0.6 is 0 Å². The fourth-order valence-corrected chi connectivity index (χ4v) is 2.19. The van der Waals surface area contributed by atoms with E-state index < -0.39 is 17.3 Å². The number of rotatable bonds is 6. The van der Waals surface area contributed by atoms with Crippen molar-refractivity contribution in [1.82, 2.24) is 5.32 Å². The molecule has 0 aliphatic carbocycles. The lowest BCUT2D eigenvalue weighted by Crippen LogP contribution is -2.46. The molecular formula is C19H21FN2O3. The van der Waals surface area contributed by atoms with E-state index in [-0.39, 0.29) is 24.5 Å². The van der Waals surface area contributed by atoms with E-state index in [1.54, 1.807) is 38.1 Å². The molecule has 0 atom stereocenters. The van der Waals surface area contributed by atoms with E-state index in [2.05, 4.69) is 10.6 Å². The molecule has 25 heavy (non-hydrogen) atoms. The molecule has 2 aromatic rings. The van der Waals surface area contributed by atoms with Gasteiger partial charge in [-0.3, -0.25) is 9.59 Å². The van der Waals surface area contributed by atoms with Crippen LogP contribution in [-0.4, -0.2) is 29.1 Å². The summed E-state index contributed by atoms with van der Waals surface area (Å²) < 4.78 is 13.2. The van der Waals surface area contributed by atoms with Gasteiger partial charge in [0.2, 0.25) is 5.91 Å². The summed E-state index contributed by atoms with van der Waals surface area (Å²) in [6, 6.07) is 12.2. The molecule has 0 aliphatic rings. The van der Waals surface area contributed by atoms with Gasteiger partial charge in [-0.2, -0.15) is 0 Å². The first-order valence-corrected chi connectivity index (χ1v) is 7.87. The highest BCUT2D eigenvalue weighted by Gasteiger charge is 2.19. The maximum absolute atomic E-state index is 13.2. The highest BCUT2D eigenvalue weighted by molar-refractivity contribution is 6.04. The van der Waals surface area contributed by atoms with E-state index >= 15 is 0 Å². The molecule has 0 saturated heterocycles. The summed E-state index contributed by atoms with van der Waals surface area (Å²) in [4.78, 5) is 24.0. The number of carbonyl (C=O) groups excluding carboxylic acids is 2. The Balaban J connectivity index is 1.96. The minimum atomic E-state index is -0.671. The van der Waals surface area contributed by atoms with Crippen molar-refractivity contribution in [2.45, 2.75) is 25.8 Å². The van der Waals surface area contributed by atoms with Crippen molar-refractivity contribution in [3.63, 3.8) is 0 Å². The number of aliphatic hydroxyl groups is 1. The fourth-order valence-electron chi connectivity index (χ4n) is 2.19. The minimum absolute atomic E-state index is 0.149. The average molecular weight is 344 g/mol. The van der Waals surface area contributed by atoms with Gasteiger partial charge >= 0.3 is 0 Å². The number of amides is 2. The zero-order valence-electron chi connectivity index (χ0n) is 14.2. The van der Waals surface area contributed by atoms with Crippen LogP contribution in [0.4, 0.5) is 10.1 Å². The van der Waals surface area contributed by atoms with E-state index in [0.29, 0.717) is 5.69 Å². The summed E-state index contributed by atoms with van der Waals surface area (Å²) in [7, 11) is 0. The number of carbonyl (C=O) groups is 2. The van der Waals surface area contributed by atoms with Gasteiger partial charge in [0.1, 0.15) is 5.82 Å². The van der Waals surface area contributed by atoms with Crippen molar-refractivity contribution in [2.24, 2.45) is 0 Å². The van der Waals surface area contributed by atoms with Crippen molar-refractivity contribution in [1.29, 1.82) is 0 Å². The van der Waals surface area contributed by atoms with Crippen LogP contribution in [-0.2, 0) is 11.2 Å². The molecule has 132 valence electrons. The number of anilines is 1. The molecular weight excluding hydrogens is 323 g/mol. The molecule has 0 aromatic heterocycles. The van der Waals surface area contributed by atoms with Crippen LogP contribution in [0.25, 0.3) is 0 Å². The fraction of sp³-hybridized carbons (Fsp3) is 0.263. The van der Waals surface area contributed by atoms with Gasteiger partial charge in [-0.1, -0.05) is 18.2 Å². The molecule has 3 N–H and O–H groups in total. The first-order valence-electron chi connectivity index (χ1n) is 7.87. The van der Waals surface area contributed by atoms with E-state index in [1.165, 1.54) is 18.2 Å². The Hall–Kier alpha value is -2.73. The Bertz CT molecular complexity index is 758. The maximum Gasteiger partial charge on any atom is 0.255 e. The minimum Gasteiger partial charge on any atom is -0.394 e. The SMILES string of the molecule is CC(C)(CO)NC(=O)Cc1ccc(NC(=O)c2cccc(F)c2)cc1. The summed E-state index contributed by atoms with van der Waals surface area (Å²) in [6.45, 7) is 3.32. The van der Waals surface area contributed by atoms with Gasteiger partial charge in [0.25, 0.3) is 5.91 Å². The lowest BCUT2D eigenvalue weighted by atomic mass is 10.1.